The Kier molecular flexibility index (Phi) is 2.31. The van der Waals surface area contributed by atoms with E-state index in [4.69, 9.17) is 10.1 Å². The maximum absolute atomic E-state index is 6.62. The van der Waals surface area contributed by atoms with Gasteiger partial charge in [-0.3, -0.25) is 5.41 Å². The van der Waals surface area contributed by atoms with E-state index in [0.717, 1.165) is 24.9 Å². The normalized spacial score (nSPS) is 24.0. The van der Waals surface area contributed by atoms with Crippen molar-refractivity contribution in [3.63, 3.8) is 0 Å². The van der Waals surface area contributed by atoms with Crippen molar-refractivity contribution in [1.82, 2.24) is 5.32 Å². The summed E-state index contributed by atoms with van der Waals surface area (Å²) in [5.41, 5.74) is 1.08. The number of hydrogen-bond acceptors (Lipinski definition) is 3. The Morgan fingerprint density at radius 3 is 3.20 bits per heavy atom. The summed E-state index contributed by atoms with van der Waals surface area (Å²) in [6, 6.07) is 0.370. The Bertz CT molecular complexity index is 145. The van der Waals surface area contributed by atoms with Crippen LogP contribution in [0.1, 0.15) is 12.8 Å². The minimum absolute atomic E-state index is 0.370. The number of nitrogens with one attached hydrogen (secondary N) is 2. The highest BCUT2D eigenvalue weighted by molar-refractivity contribution is 5.41. The molecule has 1 aliphatic heterocycles. The molecule has 0 radical (unpaired) electrons. The molecule has 0 aromatic rings. The van der Waals surface area contributed by atoms with E-state index in [1.165, 1.54) is 0 Å². The molecule has 3 heteroatoms. The Balaban J connectivity index is 2.18. The molecule has 0 unspecified atom stereocenters. The van der Waals surface area contributed by atoms with Gasteiger partial charge in [-0.1, -0.05) is 6.58 Å². The molecule has 1 rings (SSSR count). The van der Waals surface area contributed by atoms with E-state index in [2.05, 4.69) is 11.9 Å². The number of rotatable bonds is 3. The van der Waals surface area contributed by atoms with Gasteiger partial charge in [-0.05, 0) is 12.8 Å². The van der Waals surface area contributed by atoms with Crippen molar-refractivity contribution in [2.45, 2.75) is 18.9 Å². The average molecular weight is 140 g/mol. The van der Waals surface area contributed by atoms with E-state index in [1.54, 1.807) is 0 Å². The van der Waals surface area contributed by atoms with Crippen molar-refractivity contribution in [1.29, 1.82) is 5.41 Å². The van der Waals surface area contributed by atoms with Crippen LogP contribution >= 0.6 is 0 Å². The fraction of sp³-hybridized carbons (Fsp3) is 0.571. The Morgan fingerprint density at radius 2 is 2.70 bits per heavy atom. The van der Waals surface area contributed by atoms with Crippen molar-refractivity contribution in [3.05, 3.63) is 12.3 Å². The lowest BCUT2D eigenvalue weighted by Crippen LogP contribution is -2.25. The third-order valence-corrected chi connectivity index (χ3v) is 1.58. The Hall–Kier alpha value is -0.990. The molecule has 0 amide bonds. The summed E-state index contributed by atoms with van der Waals surface area (Å²) in [5.74, 6) is 0. The second-order valence-corrected chi connectivity index (χ2v) is 2.43. The van der Waals surface area contributed by atoms with Gasteiger partial charge in [0, 0.05) is 5.70 Å². The molecule has 0 spiro atoms. The zero-order chi connectivity index (χ0) is 7.40. The van der Waals surface area contributed by atoms with Crippen LogP contribution in [0.4, 0.5) is 0 Å². The van der Waals surface area contributed by atoms with Crippen LogP contribution in [-0.2, 0) is 4.74 Å². The Labute approximate surface area is 60.6 Å². The molecule has 0 aliphatic carbocycles. The third kappa shape index (κ3) is 1.76. The quantitative estimate of drug-likeness (QED) is 0.451. The van der Waals surface area contributed by atoms with Gasteiger partial charge in [0.25, 0.3) is 0 Å². The predicted molar refractivity (Wildman–Crippen MR) is 40.0 cm³/mol. The van der Waals surface area contributed by atoms with Gasteiger partial charge in [0.15, 0.2) is 6.40 Å². The molecule has 1 heterocycles. The molecule has 56 valence electrons. The van der Waals surface area contributed by atoms with Crippen LogP contribution in [0.3, 0.4) is 0 Å². The second-order valence-electron chi connectivity index (χ2n) is 2.43. The fourth-order valence-corrected chi connectivity index (χ4v) is 1.07. The van der Waals surface area contributed by atoms with Crippen LogP contribution in [-0.4, -0.2) is 19.0 Å². The zero-order valence-corrected chi connectivity index (χ0v) is 5.89. The van der Waals surface area contributed by atoms with Gasteiger partial charge in [-0.2, -0.15) is 0 Å². The number of allylic oxidation sites excluding steroid dienone is 1. The van der Waals surface area contributed by atoms with Crippen molar-refractivity contribution in [2.24, 2.45) is 0 Å². The van der Waals surface area contributed by atoms with E-state index in [1.807, 2.05) is 0 Å². The highest BCUT2D eigenvalue weighted by Gasteiger charge is 2.16. The van der Waals surface area contributed by atoms with Crippen LogP contribution in [0.15, 0.2) is 12.3 Å². The molecule has 0 aromatic heterocycles. The summed E-state index contributed by atoms with van der Waals surface area (Å²) in [6.45, 7) is 4.37. The first-order valence-electron chi connectivity index (χ1n) is 3.38. The molecule has 10 heavy (non-hydrogen) atoms. The van der Waals surface area contributed by atoms with Crippen molar-refractivity contribution in [3.8, 4) is 0 Å². The van der Waals surface area contributed by atoms with Crippen molar-refractivity contribution in [2.75, 3.05) is 6.61 Å². The summed E-state index contributed by atoms with van der Waals surface area (Å²) < 4.78 is 4.80. The van der Waals surface area contributed by atoms with E-state index in [-0.39, 0.29) is 0 Å². The van der Waals surface area contributed by atoms with Gasteiger partial charge in [0.05, 0.1) is 6.04 Å². The molecule has 0 aromatic carbocycles. The first-order valence-corrected chi connectivity index (χ1v) is 3.38. The topological polar surface area (TPSA) is 45.1 Å². The molecule has 3 nitrogen and oxygen atoms in total. The van der Waals surface area contributed by atoms with Crippen LogP contribution in [0, 0.1) is 5.41 Å². The number of hydrogen-bond donors (Lipinski definition) is 2. The Morgan fingerprint density at radius 1 is 1.90 bits per heavy atom. The molecule has 2 N–H and O–H groups in total. The number of ether oxygens (including phenoxy) is 1. The predicted octanol–water partition coefficient (Wildman–Crippen LogP) is 0.876. The highest BCUT2D eigenvalue weighted by atomic mass is 16.5. The molecule has 1 atom stereocenters. The SMILES string of the molecule is C=C1CC[C@@H](COC=N)N1. The molecular formula is C7H12N2O. The van der Waals surface area contributed by atoms with Gasteiger partial charge in [-0.25, -0.2) is 0 Å². The summed E-state index contributed by atoms with van der Waals surface area (Å²) >= 11 is 0. The van der Waals surface area contributed by atoms with Gasteiger partial charge < -0.3 is 10.1 Å². The maximum Gasteiger partial charge on any atom is 0.166 e. The van der Waals surface area contributed by atoms with E-state index < -0.39 is 0 Å². The first-order chi connectivity index (χ1) is 4.83. The fourth-order valence-electron chi connectivity index (χ4n) is 1.07. The van der Waals surface area contributed by atoms with Crippen LogP contribution in [0.2, 0.25) is 0 Å². The first kappa shape index (κ1) is 7.12. The average Bonchev–Trinajstić information content (AvgIpc) is 2.31. The highest BCUT2D eigenvalue weighted by Crippen LogP contribution is 2.12. The van der Waals surface area contributed by atoms with Crippen molar-refractivity contribution >= 4 is 6.40 Å². The maximum atomic E-state index is 6.62. The van der Waals surface area contributed by atoms with Gasteiger partial charge in [0.1, 0.15) is 6.61 Å². The van der Waals surface area contributed by atoms with Crippen LogP contribution in [0.25, 0.3) is 0 Å². The molecule has 1 saturated heterocycles. The summed E-state index contributed by atoms with van der Waals surface area (Å²) in [5, 5.41) is 9.79. The van der Waals surface area contributed by atoms with E-state index in [0.29, 0.717) is 12.6 Å². The molecule has 1 aliphatic rings. The molecule has 1 fully saturated rings. The second kappa shape index (κ2) is 3.25. The van der Waals surface area contributed by atoms with Crippen LogP contribution < -0.4 is 5.32 Å². The lowest BCUT2D eigenvalue weighted by molar-refractivity contribution is 0.277. The largest absolute Gasteiger partial charge is 0.482 e. The van der Waals surface area contributed by atoms with E-state index in [9.17, 15) is 0 Å². The summed E-state index contributed by atoms with van der Waals surface area (Å²) in [7, 11) is 0. The van der Waals surface area contributed by atoms with Gasteiger partial charge in [0.2, 0.25) is 0 Å². The van der Waals surface area contributed by atoms with Gasteiger partial charge >= 0.3 is 0 Å². The summed E-state index contributed by atoms with van der Waals surface area (Å²) in [6.07, 6.45) is 3.08. The standard InChI is InChI=1S/C7H12N2O/c1-6-2-3-7(9-6)4-10-5-8/h5,7-9H,1-4H2/t7-/m0/s1. The van der Waals surface area contributed by atoms with Crippen LogP contribution in [0.5, 0.6) is 0 Å². The van der Waals surface area contributed by atoms with E-state index >= 15 is 0 Å². The lowest BCUT2D eigenvalue weighted by atomic mass is 10.2. The summed E-state index contributed by atoms with van der Waals surface area (Å²) in [4.78, 5) is 0. The molecule has 0 bridgehead atoms. The molecule has 0 saturated carbocycles. The minimum atomic E-state index is 0.370. The van der Waals surface area contributed by atoms with Gasteiger partial charge in [-0.15, -0.1) is 0 Å². The zero-order valence-electron chi connectivity index (χ0n) is 5.89. The lowest BCUT2D eigenvalue weighted by Gasteiger charge is -2.08. The third-order valence-electron chi connectivity index (χ3n) is 1.58. The monoisotopic (exact) mass is 140 g/mol. The smallest absolute Gasteiger partial charge is 0.166 e. The molecular weight excluding hydrogens is 128 g/mol. The van der Waals surface area contributed by atoms with Crippen molar-refractivity contribution < 1.29 is 4.74 Å². The minimum Gasteiger partial charge on any atom is -0.482 e.